The van der Waals surface area contributed by atoms with E-state index >= 15 is 0 Å². The third-order valence-corrected chi connectivity index (χ3v) is 3.79. The summed E-state index contributed by atoms with van der Waals surface area (Å²) >= 11 is 3.29. The number of aromatic nitrogens is 2. The van der Waals surface area contributed by atoms with Crippen molar-refractivity contribution in [2.75, 3.05) is 6.54 Å². The smallest absolute Gasteiger partial charge is 0.241 e. The van der Waals surface area contributed by atoms with E-state index in [1.54, 1.807) is 13.1 Å². The number of aliphatic hydroxyl groups is 1. The highest BCUT2D eigenvalue weighted by Gasteiger charge is 2.13. The van der Waals surface area contributed by atoms with E-state index < -0.39 is 17.7 Å². The average molecular weight is 374 g/mol. The van der Waals surface area contributed by atoms with Crippen LogP contribution in [0.3, 0.4) is 0 Å². The van der Waals surface area contributed by atoms with Crippen molar-refractivity contribution in [3.8, 4) is 0 Å². The summed E-state index contributed by atoms with van der Waals surface area (Å²) in [6.45, 7) is 1.69. The Bertz CT molecular complexity index is 671. The first-order chi connectivity index (χ1) is 10.4. The number of nitrogens with zero attached hydrogens (tertiary/aromatic N) is 2. The van der Waals surface area contributed by atoms with Gasteiger partial charge in [0.15, 0.2) is 11.6 Å². The van der Waals surface area contributed by atoms with Crippen LogP contribution in [-0.4, -0.2) is 27.3 Å². The van der Waals surface area contributed by atoms with E-state index in [2.05, 4.69) is 26.3 Å². The van der Waals surface area contributed by atoms with Crippen LogP contribution in [-0.2, 0) is 11.3 Å². The minimum Gasteiger partial charge on any atom is -0.387 e. The lowest BCUT2D eigenvalue weighted by Crippen LogP contribution is -2.31. The molecule has 5 nitrogen and oxygen atoms in total. The van der Waals surface area contributed by atoms with Gasteiger partial charge in [-0.05, 0) is 40.5 Å². The van der Waals surface area contributed by atoms with Crippen molar-refractivity contribution in [1.29, 1.82) is 0 Å². The summed E-state index contributed by atoms with van der Waals surface area (Å²) in [5.41, 5.74) is 0.950. The number of amides is 1. The second-order valence-electron chi connectivity index (χ2n) is 4.75. The molecule has 0 spiro atoms. The molecule has 1 amide bonds. The predicted molar refractivity (Wildman–Crippen MR) is 79.0 cm³/mol. The van der Waals surface area contributed by atoms with E-state index in [0.29, 0.717) is 0 Å². The van der Waals surface area contributed by atoms with E-state index in [0.717, 1.165) is 22.3 Å². The summed E-state index contributed by atoms with van der Waals surface area (Å²) < 4.78 is 28.1. The quantitative estimate of drug-likeness (QED) is 0.842. The monoisotopic (exact) mass is 373 g/mol. The zero-order valence-corrected chi connectivity index (χ0v) is 13.3. The van der Waals surface area contributed by atoms with Crippen LogP contribution < -0.4 is 5.32 Å². The number of hydrogen-bond acceptors (Lipinski definition) is 3. The Balaban J connectivity index is 1.88. The highest BCUT2D eigenvalue weighted by molar-refractivity contribution is 9.10. The summed E-state index contributed by atoms with van der Waals surface area (Å²) in [4.78, 5) is 11.8. The van der Waals surface area contributed by atoms with Gasteiger partial charge in [0.25, 0.3) is 0 Å². The molecule has 0 saturated heterocycles. The summed E-state index contributed by atoms with van der Waals surface area (Å²) in [6.07, 6.45) is 0.547. The van der Waals surface area contributed by atoms with Crippen molar-refractivity contribution in [3.63, 3.8) is 0 Å². The molecule has 22 heavy (non-hydrogen) atoms. The van der Waals surface area contributed by atoms with Crippen molar-refractivity contribution in [2.24, 2.45) is 0 Å². The second kappa shape index (κ2) is 6.97. The van der Waals surface area contributed by atoms with Gasteiger partial charge < -0.3 is 10.4 Å². The molecule has 1 unspecified atom stereocenters. The fourth-order valence-electron chi connectivity index (χ4n) is 1.83. The van der Waals surface area contributed by atoms with Gasteiger partial charge in [0.1, 0.15) is 6.54 Å². The first-order valence-electron chi connectivity index (χ1n) is 6.46. The number of benzene rings is 1. The predicted octanol–water partition coefficient (Wildman–Crippen LogP) is 2.08. The molecule has 0 bridgehead atoms. The van der Waals surface area contributed by atoms with Gasteiger partial charge in [-0.1, -0.05) is 6.07 Å². The maximum Gasteiger partial charge on any atom is 0.241 e. The molecule has 1 atom stereocenters. The van der Waals surface area contributed by atoms with Crippen LogP contribution in [0, 0.1) is 18.6 Å². The van der Waals surface area contributed by atoms with Gasteiger partial charge in [0.05, 0.1) is 16.3 Å². The number of carbonyl (C=O) groups excluding carboxylic acids is 1. The van der Waals surface area contributed by atoms with Gasteiger partial charge in [-0.25, -0.2) is 8.78 Å². The molecule has 2 rings (SSSR count). The highest BCUT2D eigenvalue weighted by Crippen LogP contribution is 2.16. The highest BCUT2D eigenvalue weighted by atomic mass is 79.9. The van der Waals surface area contributed by atoms with Crippen LogP contribution in [0.15, 0.2) is 28.9 Å². The number of rotatable bonds is 5. The van der Waals surface area contributed by atoms with E-state index in [4.69, 9.17) is 0 Å². The number of halogens is 3. The summed E-state index contributed by atoms with van der Waals surface area (Å²) in [5.74, 6) is -2.38. The Hall–Kier alpha value is -1.80. The van der Waals surface area contributed by atoms with Crippen LogP contribution in [0.5, 0.6) is 0 Å². The molecule has 1 aromatic carbocycles. The molecular weight excluding hydrogens is 360 g/mol. The maximum atomic E-state index is 13.1. The van der Waals surface area contributed by atoms with Gasteiger partial charge in [0.2, 0.25) is 5.91 Å². The molecule has 2 N–H and O–H groups in total. The van der Waals surface area contributed by atoms with E-state index in [1.807, 2.05) is 0 Å². The molecule has 1 heterocycles. The number of aliphatic hydroxyl groups excluding tert-OH is 1. The fraction of sp³-hybridized carbons (Fsp3) is 0.286. The van der Waals surface area contributed by atoms with E-state index in [9.17, 15) is 18.7 Å². The standard InChI is InChI=1S/C14H14BrF2N3O2/c1-8-10(15)6-20(19-8)7-14(22)18-5-13(21)9-2-3-11(16)12(17)4-9/h2-4,6,13,21H,5,7H2,1H3,(H,18,22). The fourth-order valence-corrected chi connectivity index (χ4v) is 2.14. The van der Waals surface area contributed by atoms with Gasteiger partial charge in [-0.3, -0.25) is 9.48 Å². The van der Waals surface area contributed by atoms with E-state index in [1.165, 1.54) is 10.7 Å². The van der Waals surface area contributed by atoms with Crippen LogP contribution in [0.4, 0.5) is 8.78 Å². The SMILES string of the molecule is Cc1nn(CC(=O)NCC(O)c2ccc(F)c(F)c2)cc1Br. The van der Waals surface area contributed by atoms with Gasteiger partial charge in [-0.2, -0.15) is 5.10 Å². The zero-order chi connectivity index (χ0) is 16.3. The van der Waals surface area contributed by atoms with Crippen molar-refractivity contribution < 1.29 is 18.7 Å². The largest absolute Gasteiger partial charge is 0.387 e. The van der Waals surface area contributed by atoms with Crippen molar-refractivity contribution in [1.82, 2.24) is 15.1 Å². The molecule has 2 aromatic rings. The molecule has 0 fully saturated rings. The van der Waals surface area contributed by atoms with Crippen LogP contribution in [0.1, 0.15) is 17.4 Å². The Morgan fingerprint density at radius 2 is 2.18 bits per heavy atom. The minimum absolute atomic E-state index is 0.00304. The number of aryl methyl sites for hydroxylation is 1. The van der Waals surface area contributed by atoms with Gasteiger partial charge in [-0.15, -0.1) is 0 Å². The van der Waals surface area contributed by atoms with E-state index in [-0.39, 0.29) is 24.6 Å². The molecule has 0 saturated carbocycles. The third-order valence-electron chi connectivity index (χ3n) is 3.01. The third kappa shape index (κ3) is 4.11. The molecule has 118 valence electrons. The Morgan fingerprint density at radius 3 is 2.77 bits per heavy atom. The average Bonchev–Trinajstić information content (AvgIpc) is 2.77. The number of nitrogens with one attached hydrogen (secondary N) is 1. The Kier molecular flexibility index (Phi) is 5.25. The van der Waals surface area contributed by atoms with Gasteiger partial charge >= 0.3 is 0 Å². The van der Waals surface area contributed by atoms with Crippen LogP contribution >= 0.6 is 15.9 Å². The lowest BCUT2D eigenvalue weighted by Gasteiger charge is -2.12. The van der Waals surface area contributed by atoms with Crippen molar-refractivity contribution >= 4 is 21.8 Å². The topological polar surface area (TPSA) is 67.2 Å². The number of carbonyl (C=O) groups is 1. The first kappa shape index (κ1) is 16.6. The minimum atomic E-state index is -1.12. The lowest BCUT2D eigenvalue weighted by molar-refractivity contribution is -0.122. The molecular formula is C14H14BrF2N3O2. The van der Waals surface area contributed by atoms with Crippen LogP contribution in [0.2, 0.25) is 0 Å². The molecule has 0 aliphatic heterocycles. The van der Waals surface area contributed by atoms with Gasteiger partial charge in [0, 0.05) is 12.7 Å². The summed E-state index contributed by atoms with van der Waals surface area (Å²) in [6, 6.07) is 3.10. The van der Waals surface area contributed by atoms with Crippen molar-refractivity contribution in [3.05, 3.63) is 51.8 Å². The lowest BCUT2D eigenvalue weighted by atomic mass is 10.1. The zero-order valence-electron chi connectivity index (χ0n) is 11.7. The Labute approximate surface area is 134 Å². The van der Waals surface area contributed by atoms with Crippen LogP contribution in [0.25, 0.3) is 0 Å². The normalized spacial score (nSPS) is 12.2. The Morgan fingerprint density at radius 1 is 1.45 bits per heavy atom. The molecule has 8 heteroatoms. The summed E-state index contributed by atoms with van der Waals surface area (Å²) in [5, 5.41) is 16.5. The molecule has 0 aliphatic rings. The van der Waals surface area contributed by atoms with Crippen molar-refractivity contribution in [2.45, 2.75) is 19.6 Å². The second-order valence-corrected chi connectivity index (χ2v) is 5.61. The maximum absolute atomic E-state index is 13.1. The molecule has 1 aromatic heterocycles. The summed E-state index contributed by atoms with van der Waals surface area (Å²) in [7, 11) is 0. The molecule has 0 aliphatic carbocycles. The number of hydrogen-bond donors (Lipinski definition) is 2. The molecule has 0 radical (unpaired) electrons. The first-order valence-corrected chi connectivity index (χ1v) is 7.25.